The van der Waals surface area contributed by atoms with Gasteiger partial charge >= 0.3 is 0 Å². The highest BCUT2D eigenvalue weighted by atomic mass is 14.9. The predicted octanol–water partition coefficient (Wildman–Crippen LogP) is 3.59. The quantitative estimate of drug-likeness (QED) is 0.686. The van der Waals surface area contributed by atoms with E-state index in [9.17, 15) is 0 Å². The molecule has 0 radical (unpaired) electrons. The molecule has 0 amide bonds. The molecule has 14 heavy (non-hydrogen) atoms. The Morgan fingerprint density at radius 3 is 2.50 bits per heavy atom. The molecule has 84 valence electrons. The van der Waals surface area contributed by atoms with E-state index in [1.165, 1.54) is 45.1 Å². The summed E-state index contributed by atoms with van der Waals surface area (Å²) in [6.07, 6.45) is 8.34. The van der Waals surface area contributed by atoms with Crippen LogP contribution in [0.4, 0.5) is 0 Å². The summed E-state index contributed by atoms with van der Waals surface area (Å²) in [4.78, 5) is 0. The Hall–Kier alpha value is -0.0400. The number of hydrogen-bond acceptors (Lipinski definition) is 1. The van der Waals surface area contributed by atoms with Crippen molar-refractivity contribution in [3.8, 4) is 0 Å². The van der Waals surface area contributed by atoms with E-state index in [-0.39, 0.29) is 0 Å². The van der Waals surface area contributed by atoms with Crippen LogP contribution < -0.4 is 5.32 Å². The Labute approximate surface area is 89.7 Å². The van der Waals surface area contributed by atoms with Crippen LogP contribution in [0.2, 0.25) is 0 Å². The molecule has 1 fully saturated rings. The smallest absolute Gasteiger partial charge is 0.00953 e. The van der Waals surface area contributed by atoms with E-state index < -0.39 is 0 Å². The molecule has 1 aliphatic rings. The molecule has 1 saturated carbocycles. The summed E-state index contributed by atoms with van der Waals surface area (Å²) in [6, 6.07) is 0.810. The number of hydrogen-bond donors (Lipinski definition) is 1. The van der Waals surface area contributed by atoms with E-state index in [2.05, 4.69) is 26.1 Å². The molecule has 1 aliphatic carbocycles. The summed E-state index contributed by atoms with van der Waals surface area (Å²) in [5.74, 6) is 1.94. The topological polar surface area (TPSA) is 12.0 Å². The van der Waals surface area contributed by atoms with Gasteiger partial charge < -0.3 is 5.32 Å². The van der Waals surface area contributed by atoms with Crippen molar-refractivity contribution in [3.05, 3.63) is 0 Å². The average Bonchev–Trinajstić information content (AvgIpc) is 2.59. The van der Waals surface area contributed by atoms with Crippen LogP contribution in [-0.2, 0) is 0 Å². The zero-order chi connectivity index (χ0) is 10.4. The Balaban J connectivity index is 2.33. The van der Waals surface area contributed by atoms with Gasteiger partial charge in [-0.05, 0) is 44.1 Å². The van der Waals surface area contributed by atoms with Gasteiger partial charge in [0.15, 0.2) is 0 Å². The molecule has 3 atom stereocenters. The van der Waals surface area contributed by atoms with Gasteiger partial charge in [0.25, 0.3) is 0 Å². The molecule has 1 heteroatoms. The fourth-order valence-corrected chi connectivity index (χ4v) is 2.76. The van der Waals surface area contributed by atoms with Gasteiger partial charge in [0, 0.05) is 6.04 Å². The zero-order valence-electron chi connectivity index (χ0n) is 10.2. The molecular formula is C13H27N. The molecule has 1 rings (SSSR count). The minimum atomic E-state index is 0.810. The number of nitrogens with one attached hydrogen (secondary N) is 1. The second kappa shape index (κ2) is 6.44. The van der Waals surface area contributed by atoms with Crippen LogP contribution in [0.3, 0.4) is 0 Å². The molecule has 3 unspecified atom stereocenters. The molecule has 0 aliphatic heterocycles. The van der Waals surface area contributed by atoms with Crippen molar-refractivity contribution in [1.82, 2.24) is 5.32 Å². The van der Waals surface area contributed by atoms with Gasteiger partial charge in [0.2, 0.25) is 0 Å². The molecule has 0 saturated heterocycles. The lowest BCUT2D eigenvalue weighted by Gasteiger charge is -2.24. The van der Waals surface area contributed by atoms with Crippen molar-refractivity contribution in [2.24, 2.45) is 11.8 Å². The van der Waals surface area contributed by atoms with Crippen molar-refractivity contribution in [2.75, 3.05) is 6.54 Å². The van der Waals surface area contributed by atoms with E-state index in [1.807, 2.05) is 0 Å². The molecule has 0 aromatic carbocycles. The van der Waals surface area contributed by atoms with Gasteiger partial charge in [-0.3, -0.25) is 0 Å². The van der Waals surface area contributed by atoms with Crippen molar-refractivity contribution in [1.29, 1.82) is 0 Å². The van der Waals surface area contributed by atoms with Crippen LogP contribution in [0.15, 0.2) is 0 Å². The Kier molecular flexibility index (Phi) is 5.54. The lowest BCUT2D eigenvalue weighted by Crippen LogP contribution is -2.35. The van der Waals surface area contributed by atoms with Crippen LogP contribution in [0.1, 0.15) is 59.3 Å². The maximum atomic E-state index is 3.73. The first-order valence-electron chi connectivity index (χ1n) is 6.51. The lowest BCUT2D eigenvalue weighted by molar-refractivity contribution is 0.331. The first kappa shape index (κ1) is 12.0. The maximum Gasteiger partial charge on any atom is 0.00953 e. The molecule has 0 spiro atoms. The third-order valence-corrected chi connectivity index (χ3v) is 3.56. The monoisotopic (exact) mass is 197 g/mol. The van der Waals surface area contributed by atoms with Crippen molar-refractivity contribution >= 4 is 0 Å². The SMILES string of the molecule is CCCNC(CCC)C1CCC(C)C1. The predicted molar refractivity (Wildman–Crippen MR) is 63.5 cm³/mol. The molecule has 0 heterocycles. The van der Waals surface area contributed by atoms with E-state index in [1.54, 1.807) is 0 Å². The van der Waals surface area contributed by atoms with E-state index in [4.69, 9.17) is 0 Å². The highest BCUT2D eigenvalue weighted by Crippen LogP contribution is 2.33. The van der Waals surface area contributed by atoms with Gasteiger partial charge in [-0.1, -0.05) is 33.6 Å². The molecule has 0 bridgehead atoms. The summed E-state index contributed by atoms with van der Waals surface area (Å²) in [6.45, 7) is 8.17. The summed E-state index contributed by atoms with van der Waals surface area (Å²) >= 11 is 0. The van der Waals surface area contributed by atoms with E-state index >= 15 is 0 Å². The van der Waals surface area contributed by atoms with Crippen LogP contribution >= 0.6 is 0 Å². The lowest BCUT2D eigenvalue weighted by atomic mass is 9.93. The third-order valence-electron chi connectivity index (χ3n) is 3.56. The second-order valence-corrected chi connectivity index (χ2v) is 5.03. The van der Waals surface area contributed by atoms with Crippen LogP contribution in [-0.4, -0.2) is 12.6 Å². The normalized spacial score (nSPS) is 29.4. The minimum Gasteiger partial charge on any atom is -0.314 e. The summed E-state index contributed by atoms with van der Waals surface area (Å²) in [7, 11) is 0. The fourth-order valence-electron chi connectivity index (χ4n) is 2.76. The summed E-state index contributed by atoms with van der Waals surface area (Å²) in [5.41, 5.74) is 0. The van der Waals surface area contributed by atoms with E-state index in [0.717, 1.165) is 17.9 Å². The van der Waals surface area contributed by atoms with Gasteiger partial charge in [0.1, 0.15) is 0 Å². The van der Waals surface area contributed by atoms with Crippen LogP contribution in [0.25, 0.3) is 0 Å². The molecule has 0 aromatic rings. The Morgan fingerprint density at radius 2 is 2.00 bits per heavy atom. The molecule has 1 nitrogen and oxygen atoms in total. The highest BCUT2D eigenvalue weighted by Gasteiger charge is 2.27. The third kappa shape index (κ3) is 3.61. The largest absolute Gasteiger partial charge is 0.314 e. The van der Waals surface area contributed by atoms with Crippen LogP contribution in [0, 0.1) is 11.8 Å². The maximum absolute atomic E-state index is 3.73. The summed E-state index contributed by atoms with van der Waals surface area (Å²) in [5, 5.41) is 3.73. The van der Waals surface area contributed by atoms with Gasteiger partial charge in [-0.2, -0.15) is 0 Å². The highest BCUT2D eigenvalue weighted by molar-refractivity contribution is 4.82. The van der Waals surface area contributed by atoms with Crippen molar-refractivity contribution in [3.63, 3.8) is 0 Å². The van der Waals surface area contributed by atoms with E-state index in [0.29, 0.717) is 0 Å². The first-order valence-corrected chi connectivity index (χ1v) is 6.51. The van der Waals surface area contributed by atoms with Crippen molar-refractivity contribution in [2.45, 2.75) is 65.3 Å². The molecule has 0 aromatic heterocycles. The minimum absolute atomic E-state index is 0.810. The molecular weight excluding hydrogens is 170 g/mol. The number of rotatable bonds is 6. The standard InChI is InChI=1S/C13H27N/c1-4-6-13(14-9-5-2)12-8-7-11(3)10-12/h11-14H,4-10H2,1-3H3. The zero-order valence-corrected chi connectivity index (χ0v) is 10.2. The van der Waals surface area contributed by atoms with Crippen molar-refractivity contribution < 1.29 is 0 Å². The van der Waals surface area contributed by atoms with Crippen LogP contribution in [0.5, 0.6) is 0 Å². The first-order chi connectivity index (χ1) is 6.77. The second-order valence-electron chi connectivity index (χ2n) is 5.03. The summed E-state index contributed by atoms with van der Waals surface area (Å²) < 4.78 is 0. The van der Waals surface area contributed by atoms with Gasteiger partial charge in [-0.15, -0.1) is 0 Å². The Bertz CT molecular complexity index is 144. The van der Waals surface area contributed by atoms with Gasteiger partial charge in [0.05, 0.1) is 0 Å². The Morgan fingerprint density at radius 1 is 1.21 bits per heavy atom. The average molecular weight is 197 g/mol. The van der Waals surface area contributed by atoms with Gasteiger partial charge in [-0.25, -0.2) is 0 Å². The molecule has 1 N–H and O–H groups in total. The fraction of sp³-hybridized carbons (Fsp3) is 1.00.